The van der Waals surface area contributed by atoms with E-state index in [2.05, 4.69) is 20.1 Å². The Morgan fingerprint density at radius 3 is 2.15 bits per heavy atom. The predicted molar refractivity (Wildman–Crippen MR) is 105 cm³/mol. The molecule has 1 N–H and O–H groups in total. The second-order valence-corrected chi connectivity index (χ2v) is 8.07. The Morgan fingerprint density at radius 2 is 1.65 bits per heavy atom. The molecule has 2 saturated carbocycles. The van der Waals surface area contributed by atoms with Crippen LogP contribution in [0.3, 0.4) is 0 Å². The van der Waals surface area contributed by atoms with Gasteiger partial charge in [-0.1, -0.05) is 59.6 Å². The minimum absolute atomic E-state index is 0.125. The van der Waals surface area contributed by atoms with Gasteiger partial charge in [0.2, 0.25) is 0 Å². The van der Waals surface area contributed by atoms with Crippen molar-refractivity contribution in [2.75, 3.05) is 0 Å². The molecule has 2 rings (SSSR count). The van der Waals surface area contributed by atoms with Crippen molar-refractivity contribution in [1.29, 1.82) is 0 Å². The van der Waals surface area contributed by atoms with Gasteiger partial charge in [-0.2, -0.15) is 0 Å². The Morgan fingerprint density at radius 1 is 1.08 bits per heavy atom. The first kappa shape index (κ1) is 22.5. The third-order valence-electron chi connectivity index (χ3n) is 5.95. The second kappa shape index (κ2) is 10.5. The first-order valence-corrected chi connectivity index (χ1v) is 10.0. The van der Waals surface area contributed by atoms with E-state index in [1.54, 1.807) is 0 Å². The summed E-state index contributed by atoms with van der Waals surface area (Å²) in [5.41, 5.74) is 0.842. The van der Waals surface area contributed by atoms with Crippen molar-refractivity contribution in [1.82, 2.24) is 0 Å². The van der Waals surface area contributed by atoms with Crippen molar-refractivity contribution in [3.63, 3.8) is 0 Å². The van der Waals surface area contributed by atoms with Gasteiger partial charge in [0.1, 0.15) is 6.10 Å². The zero-order valence-corrected chi connectivity index (χ0v) is 16.8. The van der Waals surface area contributed by atoms with E-state index in [1.165, 1.54) is 25.7 Å². The molecule has 2 unspecified atom stereocenters. The molecule has 0 saturated heterocycles. The lowest BCUT2D eigenvalue weighted by Crippen LogP contribution is -2.28. The van der Waals surface area contributed by atoms with Gasteiger partial charge in [-0.25, -0.2) is 9.59 Å². The molecule has 0 bridgehead atoms. The molecule has 0 radical (unpaired) electrons. The van der Waals surface area contributed by atoms with Crippen molar-refractivity contribution in [3.05, 3.63) is 24.3 Å². The van der Waals surface area contributed by atoms with E-state index < -0.39 is 5.97 Å². The van der Waals surface area contributed by atoms with Crippen LogP contribution in [0.5, 0.6) is 0 Å². The monoisotopic (exact) mass is 364 g/mol. The molecule has 4 heteroatoms. The number of rotatable bonds is 5. The van der Waals surface area contributed by atoms with Gasteiger partial charge in [-0.05, 0) is 49.9 Å². The molecule has 0 aromatic heterocycles. The summed E-state index contributed by atoms with van der Waals surface area (Å²) in [7, 11) is 0. The summed E-state index contributed by atoms with van der Waals surface area (Å²) in [6.45, 7) is 13.4. The standard InChI is InChI=1S/C12H20O2.C10H16O2/c1-4-9(2)12(13)14-11-8-6-5-7-10(11)3;1-8(9(11)12)10(2)6-4-3-5-7-10/h10-11H,2,4-8H2,1,3H3;1,3-7H2,2H3,(H,11,12). The summed E-state index contributed by atoms with van der Waals surface area (Å²) < 4.78 is 5.42. The van der Waals surface area contributed by atoms with E-state index in [9.17, 15) is 9.59 Å². The molecule has 0 spiro atoms. The lowest BCUT2D eigenvalue weighted by atomic mass is 9.71. The quantitative estimate of drug-likeness (QED) is 0.504. The average molecular weight is 365 g/mol. The third-order valence-corrected chi connectivity index (χ3v) is 5.95. The van der Waals surface area contributed by atoms with Gasteiger partial charge in [0.15, 0.2) is 0 Å². The lowest BCUT2D eigenvalue weighted by Gasteiger charge is -2.33. The van der Waals surface area contributed by atoms with Gasteiger partial charge in [-0.3, -0.25) is 0 Å². The van der Waals surface area contributed by atoms with Gasteiger partial charge < -0.3 is 9.84 Å². The molecular formula is C22H36O4. The Kier molecular flexibility index (Phi) is 9.11. The first-order valence-electron chi connectivity index (χ1n) is 10.0. The minimum Gasteiger partial charge on any atom is -0.478 e. The van der Waals surface area contributed by atoms with E-state index in [-0.39, 0.29) is 17.5 Å². The summed E-state index contributed by atoms with van der Waals surface area (Å²) in [5.74, 6) is -0.525. The van der Waals surface area contributed by atoms with Crippen LogP contribution >= 0.6 is 0 Å². The first-order chi connectivity index (χ1) is 12.2. The van der Waals surface area contributed by atoms with E-state index in [4.69, 9.17) is 9.84 Å². The Bertz CT molecular complexity index is 514. The average Bonchev–Trinajstić information content (AvgIpc) is 2.63. The second-order valence-electron chi connectivity index (χ2n) is 8.07. The number of carboxylic acid groups (broad SMARTS) is 1. The fourth-order valence-corrected chi connectivity index (χ4v) is 3.71. The van der Waals surface area contributed by atoms with Crippen molar-refractivity contribution in [2.24, 2.45) is 11.3 Å². The highest BCUT2D eigenvalue weighted by Gasteiger charge is 2.33. The fraction of sp³-hybridized carbons (Fsp3) is 0.727. The lowest BCUT2D eigenvalue weighted by molar-refractivity contribution is -0.148. The van der Waals surface area contributed by atoms with Gasteiger partial charge in [-0.15, -0.1) is 0 Å². The summed E-state index contributed by atoms with van der Waals surface area (Å²) in [5, 5.41) is 8.80. The Labute approximate surface area is 158 Å². The summed E-state index contributed by atoms with van der Waals surface area (Å²) in [6.07, 6.45) is 10.9. The van der Waals surface area contributed by atoms with Crippen LogP contribution in [0.1, 0.15) is 85.0 Å². The maximum absolute atomic E-state index is 11.5. The van der Waals surface area contributed by atoms with Crippen molar-refractivity contribution < 1.29 is 19.4 Å². The summed E-state index contributed by atoms with van der Waals surface area (Å²) >= 11 is 0. The van der Waals surface area contributed by atoms with Crippen LogP contribution in [0.4, 0.5) is 0 Å². The van der Waals surface area contributed by atoms with Crippen molar-refractivity contribution >= 4 is 11.9 Å². The minimum atomic E-state index is -0.834. The smallest absolute Gasteiger partial charge is 0.333 e. The Balaban J connectivity index is 0.000000263. The maximum atomic E-state index is 11.5. The number of aliphatic carboxylic acids is 1. The molecular weight excluding hydrogens is 328 g/mol. The van der Waals surface area contributed by atoms with Crippen LogP contribution in [-0.2, 0) is 14.3 Å². The molecule has 0 aliphatic heterocycles. The van der Waals surface area contributed by atoms with Gasteiger partial charge in [0.25, 0.3) is 0 Å². The molecule has 0 heterocycles. The third kappa shape index (κ3) is 6.62. The highest BCUT2D eigenvalue weighted by Crippen LogP contribution is 2.41. The molecule has 2 atom stereocenters. The van der Waals surface area contributed by atoms with Gasteiger partial charge in [0.05, 0.1) is 0 Å². The van der Waals surface area contributed by atoms with E-state index in [0.29, 0.717) is 23.5 Å². The highest BCUT2D eigenvalue weighted by atomic mass is 16.5. The predicted octanol–water partition coefficient (Wildman–Crippen LogP) is 5.67. The summed E-state index contributed by atoms with van der Waals surface area (Å²) in [4.78, 5) is 22.2. The number of ether oxygens (including phenoxy) is 1. The molecule has 0 aromatic rings. The van der Waals surface area contributed by atoms with Crippen molar-refractivity contribution in [3.8, 4) is 0 Å². The molecule has 0 amide bonds. The largest absolute Gasteiger partial charge is 0.478 e. The van der Waals surface area contributed by atoms with Crippen molar-refractivity contribution in [2.45, 2.75) is 91.1 Å². The van der Waals surface area contributed by atoms with Crippen LogP contribution < -0.4 is 0 Å². The SMILES string of the molecule is C=C(C(=O)O)C1(C)CCCCC1.C=C(CC)C(=O)OC1CCCCC1C. The van der Waals surface area contributed by atoms with E-state index in [1.807, 2.05) is 13.8 Å². The Hall–Kier alpha value is -1.58. The van der Waals surface area contributed by atoms with Gasteiger partial charge in [0, 0.05) is 11.1 Å². The molecule has 4 nitrogen and oxygen atoms in total. The molecule has 148 valence electrons. The molecule has 2 aliphatic carbocycles. The van der Waals surface area contributed by atoms with Crippen LogP contribution in [-0.4, -0.2) is 23.1 Å². The number of hydrogen-bond donors (Lipinski definition) is 1. The molecule has 2 fully saturated rings. The van der Waals surface area contributed by atoms with Crippen LogP contribution in [0.2, 0.25) is 0 Å². The van der Waals surface area contributed by atoms with Crippen LogP contribution in [0.25, 0.3) is 0 Å². The number of hydrogen-bond acceptors (Lipinski definition) is 3. The molecule has 26 heavy (non-hydrogen) atoms. The van der Waals surface area contributed by atoms with E-state index in [0.717, 1.165) is 32.1 Å². The number of carbonyl (C=O) groups is 2. The molecule has 0 aromatic carbocycles. The van der Waals surface area contributed by atoms with Crippen LogP contribution in [0, 0.1) is 11.3 Å². The molecule has 2 aliphatic rings. The topological polar surface area (TPSA) is 63.6 Å². The normalized spacial score (nSPS) is 24.6. The zero-order chi connectivity index (χ0) is 19.7. The number of carbonyl (C=O) groups excluding carboxylic acids is 1. The highest BCUT2D eigenvalue weighted by molar-refractivity contribution is 5.88. The number of esters is 1. The van der Waals surface area contributed by atoms with Crippen LogP contribution in [0.15, 0.2) is 24.3 Å². The number of carboxylic acids is 1. The maximum Gasteiger partial charge on any atom is 0.333 e. The summed E-state index contributed by atoms with van der Waals surface area (Å²) in [6, 6.07) is 0. The van der Waals surface area contributed by atoms with E-state index >= 15 is 0 Å². The van der Waals surface area contributed by atoms with Gasteiger partial charge >= 0.3 is 11.9 Å². The fourth-order valence-electron chi connectivity index (χ4n) is 3.71. The zero-order valence-electron chi connectivity index (χ0n) is 16.8.